The lowest BCUT2D eigenvalue weighted by Crippen LogP contribution is -2.06. The van der Waals surface area contributed by atoms with Crippen LogP contribution in [0.25, 0.3) is 0 Å². The SMILES string of the molecule is CCCOc1nc(N)nc(Oc2cc(C)ccc2F)n1. The predicted molar refractivity (Wildman–Crippen MR) is 71.2 cm³/mol. The van der Waals surface area contributed by atoms with Gasteiger partial charge in [0.25, 0.3) is 0 Å². The molecule has 0 aliphatic heterocycles. The molecule has 20 heavy (non-hydrogen) atoms. The summed E-state index contributed by atoms with van der Waals surface area (Å²) in [5.41, 5.74) is 6.39. The highest BCUT2D eigenvalue weighted by Gasteiger charge is 2.10. The summed E-state index contributed by atoms with van der Waals surface area (Å²) >= 11 is 0. The van der Waals surface area contributed by atoms with Gasteiger partial charge in [0.05, 0.1) is 6.61 Å². The van der Waals surface area contributed by atoms with Crippen molar-refractivity contribution >= 4 is 5.95 Å². The van der Waals surface area contributed by atoms with E-state index in [4.69, 9.17) is 15.2 Å². The Kier molecular flexibility index (Phi) is 4.29. The number of aryl methyl sites for hydroxylation is 1. The minimum absolute atomic E-state index is 0.0250. The monoisotopic (exact) mass is 278 g/mol. The summed E-state index contributed by atoms with van der Waals surface area (Å²) in [5.74, 6) is -0.531. The Morgan fingerprint density at radius 3 is 2.70 bits per heavy atom. The fourth-order valence-corrected chi connectivity index (χ4v) is 1.44. The highest BCUT2D eigenvalue weighted by Crippen LogP contribution is 2.24. The number of nitrogen functional groups attached to an aromatic ring is 1. The lowest BCUT2D eigenvalue weighted by Gasteiger charge is -2.08. The lowest BCUT2D eigenvalue weighted by molar-refractivity contribution is 0.284. The van der Waals surface area contributed by atoms with Crippen LogP contribution in [0.5, 0.6) is 17.8 Å². The van der Waals surface area contributed by atoms with Crippen molar-refractivity contribution < 1.29 is 13.9 Å². The van der Waals surface area contributed by atoms with E-state index in [2.05, 4.69) is 15.0 Å². The summed E-state index contributed by atoms with van der Waals surface area (Å²) in [5, 5.41) is 0. The van der Waals surface area contributed by atoms with Gasteiger partial charge in [-0.2, -0.15) is 9.97 Å². The third-order valence-corrected chi connectivity index (χ3v) is 2.33. The van der Waals surface area contributed by atoms with E-state index >= 15 is 0 Å². The van der Waals surface area contributed by atoms with E-state index in [1.807, 2.05) is 13.8 Å². The van der Waals surface area contributed by atoms with Gasteiger partial charge >= 0.3 is 12.0 Å². The topological polar surface area (TPSA) is 83.2 Å². The second-order valence-corrected chi connectivity index (χ2v) is 4.14. The number of anilines is 1. The molecular formula is C13H15FN4O2. The van der Waals surface area contributed by atoms with Crippen molar-refractivity contribution in [1.82, 2.24) is 15.0 Å². The van der Waals surface area contributed by atoms with E-state index < -0.39 is 5.82 Å². The van der Waals surface area contributed by atoms with Crippen LogP contribution < -0.4 is 15.2 Å². The van der Waals surface area contributed by atoms with Crippen molar-refractivity contribution in [1.29, 1.82) is 0 Å². The molecule has 0 fully saturated rings. The van der Waals surface area contributed by atoms with Crippen molar-refractivity contribution in [2.24, 2.45) is 0 Å². The Hall–Kier alpha value is -2.44. The molecule has 0 aliphatic carbocycles. The van der Waals surface area contributed by atoms with Crippen LogP contribution in [-0.2, 0) is 0 Å². The van der Waals surface area contributed by atoms with Crippen LogP contribution in [0.2, 0.25) is 0 Å². The van der Waals surface area contributed by atoms with Crippen molar-refractivity contribution in [2.75, 3.05) is 12.3 Å². The van der Waals surface area contributed by atoms with Crippen molar-refractivity contribution in [2.45, 2.75) is 20.3 Å². The third-order valence-electron chi connectivity index (χ3n) is 2.33. The van der Waals surface area contributed by atoms with Gasteiger partial charge in [-0.3, -0.25) is 0 Å². The zero-order valence-corrected chi connectivity index (χ0v) is 11.3. The maximum absolute atomic E-state index is 13.6. The number of halogens is 1. The number of hydrogen-bond donors (Lipinski definition) is 1. The molecule has 0 bridgehead atoms. The second kappa shape index (κ2) is 6.14. The first-order valence-electron chi connectivity index (χ1n) is 6.17. The maximum atomic E-state index is 13.6. The molecular weight excluding hydrogens is 263 g/mol. The van der Waals surface area contributed by atoms with Crippen LogP contribution in [0.15, 0.2) is 18.2 Å². The van der Waals surface area contributed by atoms with E-state index in [9.17, 15) is 4.39 Å². The molecule has 0 amide bonds. The van der Waals surface area contributed by atoms with E-state index in [1.54, 1.807) is 12.1 Å². The molecule has 1 aromatic heterocycles. The highest BCUT2D eigenvalue weighted by molar-refractivity contribution is 5.32. The quantitative estimate of drug-likeness (QED) is 0.904. The van der Waals surface area contributed by atoms with Gasteiger partial charge in [0.15, 0.2) is 11.6 Å². The summed E-state index contributed by atoms with van der Waals surface area (Å²) < 4.78 is 24.1. The van der Waals surface area contributed by atoms with Gasteiger partial charge in [0.2, 0.25) is 5.95 Å². The van der Waals surface area contributed by atoms with Crippen LogP contribution in [-0.4, -0.2) is 21.6 Å². The second-order valence-electron chi connectivity index (χ2n) is 4.14. The van der Waals surface area contributed by atoms with E-state index in [0.29, 0.717) is 6.61 Å². The van der Waals surface area contributed by atoms with Crippen LogP contribution in [0, 0.1) is 12.7 Å². The van der Waals surface area contributed by atoms with Gasteiger partial charge in [0, 0.05) is 0 Å². The summed E-state index contributed by atoms with van der Waals surface area (Å²) in [7, 11) is 0. The molecule has 0 saturated heterocycles. The first kappa shape index (κ1) is 14.0. The standard InChI is InChI=1S/C13H15FN4O2/c1-3-6-19-12-16-11(15)17-13(18-12)20-10-7-8(2)4-5-9(10)14/h4-5,7H,3,6H2,1-2H3,(H2,15,16,17,18). The highest BCUT2D eigenvalue weighted by atomic mass is 19.1. The molecule has 2 N–H and O–H groups in total. The van der Waals surface area contributed by atoms with Crippen LogP contribution in [0.3, 0.4) is 0 Å². The Bertz CT molecular complexity index is 607. The first-order chi connectivity index (χ1) is 9.58. The van der Waals surface area contributed by atoms with E-state index in [1.165, 1.54) is 6.07 Å². The van der Waals surface area contributed by atoms with Gasteiger partial charge in [-0.05, 0) is 31.0 Å². The first-order valence-corrected chi connectivity index (χ1v) is 6.17. The summed E-state index contributed by atoms with van der Waals surface area (Å²) in [6.07, 6.45) is 0.800. The predicted octanol–water partition coefficient (Wildman–Crippen LogP) is 2.48. The average Bonchev–Trinajstić information content (AvgIpc) is 2.40. The molecule has 0 atom stereocenters. The van der Waals surface area contributed by atoms with Gasteiger partial charge in [-0.15, -0.1) is 4.98 Å². The molecule has 6 nitrogen and oxygen atoms in total. The summed E-state index contributed by atoms with van der Waals surface area (Å²) in [6.45, 7) is 4.22. The fraction of sp³-hybridized carbons (Fsp3) is 0.308. The number of aromatic nitrogens is 3. The number of rotatable bonds is 5. The number of nitrogens with two attached hydrogens (primary N) is 1. The number of ether oxygens (including phenoxy) is 2. The largest absolute Gasteiger partial charge is 0.463 e. The van der Waals surface area contributed by atoms with Gasteiger partial charge in [-0.25, -0.2) is 4.39 Å². The van der Waals surface area contributed by atoms with Crippen molar-refractivity contribution in [3.05, 3.63) is 29.6 Å². The molecule has 0 unspecified atom stereocenters. The van der Waals surface area contributed by atoms with Gasteiger partial charge in [0.1, 0.15) is 0 Å². The minimum Gasteiger partial charge on any atom is -0.463 e. The smallest absolute Gasteiger partial charge is 0.330 e. The van der Waals surface area contributed by atoms with Crippen molar-refractivity contribution in [3.63, 3.8) is 0 Å². The average molecular weight is 278 g/mol. The van der Waals surface area contributed by atoms with Gasteiger partial charge < -0.3 is 15.2 Å². The molecule has 1 aromatic carbocycles. The Balaban J connectivity index is 2.24. The summed E-state index contributed by atoms with van der Waals surface area (Å²) in [4.78, 5) is 11.5. The van der Waals surface area contributed by atoms with Crippen LogP contribution >= 0.6 is 0 Å². The maximum Gasteiger partial charge on any atom is 0.330 e. The Morgan fingerprint density at radius 2 is 1.95 bits per heavy atom. The molecule has 0 radical (unpaired) electrons. The van der Waals surface area contributed by atoms with Gasteiger partial charge in [-0.1, -0.05) is 13.0 Å². The van der Waals surface area contributed by atoms with Crippen LogP contribution in [0.1, 0.15) is 18.9 Å². The number of benzene rings is 1. The summed E-state index contributed by atoms with van der Waals surface area (Å²) in [6, 6.07) is 4.45. The van der Waals surface area contributed by atoms with Crippen LogP contribution in [0.4, 0.5) is 10.3 Å². The molecule has 0 aliphatic rings. The van der Waals surface area contributed by atoms with Crippen molar-refractivity contribution in [3.8, 4) is 17.8 Å². The molecule has 106 valence electrons. The molecule has 0 spiro atoms. The number of hydrogen-bond acceptors (Lipinski definition) is 6. The fourth-order valence-electron chi connectivity index (χ4n) is 1.44. The molecule has 2 rings (SSSR count). The number of nitrogens with zero attached hydrogens (tertiary/aromatic N) is 3. The molecule has 7 heteroatoms. The van der Waals surface area contributed by atoms with E-state index in [0.717, 1.165) is 12.0 Å². The molecule has 2 aromatic rings. The molecule has 0 saturated carbocycles. The zero-order chi connectivity index (χ0) is 14.5. The normalized spacial score (nSPS) is 10.3. The zero-order valence-electron chi connectivity index (χ0n) is 11.3. The Labute approximate surface area is 115 Å². The Morgan fingerprint density at radius 1 is 1.20 bits per heavy atom. The molecule has 1 heterocycles. The van der Waals surface area contributed by atoms with E-state index in [-0.39, 0.29) is 23.7 Å². The lowest BCUT2D eigenvalue weighted by atomic mass is 10.2. The minimum atomic E-state index is -0.509. The third kappa shape index (κ3) is 3.53.